The fourth-order valence-corrected chi connectivity index (χ4v) is 14.6. The summed E-state index contributed by atoms with van der Waals surface area (Å²) in [5.74, 6) is 1.99. The maximum absolute atomic E-state index is 10.8. The summed E-state index contributed by atoms with van der Waals surface area (Å²) in [7, 11) is -3.27. The minimum atomic E-state index is -1.73. The smallest absolute Gasteiger partial charge is 0.173 e. The lowest BCUT2D eigenvalue weighted by Gasteiger charge is -2.39. The number of unbranched alkanes of at least 4 members (excludes halogenated alkanes) is 2. The van der Waals surface area contributed by atoms with E-state index >= 15 is 0 Å². The Morgan fingerprint density at radius 3 is 2.25 bits per heavy atom. The standard InChI is InChI=1S/C27H48O3Si2/c1-9-10-11-12-22-16-26(28)25(27(29)17-22)18-23-15-20(2)13-14-24(23)21(3)19-32(7,8)30-31(4,5)6/h15-17,21,23-24,28-29H,9-14,18-19H2,1-8H3/t21?,23-,24-/m0/s1. The molecule has 1 unspecified atom stereocenters. The monoisotopic (exact) mass is 476 g/mol. The average molecular weight is 477 g/mol. The molecule has 0 saturated carbocycles. The van der Waals surface area contributed by atoms with Gasteiger partial charge >= 0.3 is 0 Å². The molecule has 1 aliphatic rings. The Kier molecular flexibility index (Phi) is 9.68. The third-order valence-corrected chi connectivity index (χ3v) is 13.1. The molecule has 0 aliphatic heterocycles. The molecule has 0 bridgehead atoms. The van der Waals surface area contributed by atoms with Crippen LogP contribution in [0, 0.1) is 17.8 Å². The largest absolute Gasteiger partial charge is 0.508 e. The predicted octanol–water partition coefficient (Wildman–Crippen LogP) is 8.04. The van der Waals surface area contributed by atoms with E-state index in [9.17, 15) is 10.2 Å². The lowest BCUT2D eigenvalue weighted by atomic mass is 9.72. The quantitative estimate of drug-likeness (QED) is 0.193. The van der Waals surface area contributed by atoms with E-state index in [-0.39, 0.29) is 11.5 Å². The molecule has 0 saturated heterocycles. The Morgan fingerprint density at radius 1 is 1.06 bits per heavy atom. The van der Waals surface area contributed by atoms with Crippen molar-refractivity contribution in [1.29, 1.82) is 0 Å². The molecule has 3 nitrogen and oxygen atoms in total. The van der Waals surface area contributed by atoms with E-state index in [1.54, 1.807) is 0 Å². The lowest BCUT2D eigenvalue weighted by molar-refractivity contribution is 0.253. The van der Waals surface area contributed by atoms with Crippen molar-refractivity contribution in [2.45, 2.75) is 104 Å². The molecule has 1 aromatic carbocycles. The normalized spacial score (nSPS) is 20.8. The number of hydrogen-bond donors (Lipinski definition) is 2. The predicted molar refractivity (Wildman–Crippen MR) is 143 cm³/mol. The summed E-state index contributed by atoms with van der Waals surface area (Å²) in [5, 5.41) is 21.5. The first-order valence-electron chi connectivity index (χ1n) is 12.7. The SMILES string of the molecule is CCCCCc1cc(O)c(C[C@@H]2C=C(C)CC[C@H]2C(C)C[Si](C)(C)O[Si](C)(C)C)c(O)c1. The van der Waals surface area contributed by atoms with Gasteiger partial charge in [-0.2, -0.15) is 0 Å². The van der Waals surface area contributed by atoms with Gasteiger partial charge in [0, 0.05) is 5.56 Å². The first-order chi connectivity index (χ1) is 14.8. The van der Waals surface area contributed by atoms with E-state index in [0.717, 1.165) is 24.8 Å². The van der Waals surface area contributed by atoms with Gasteiger partial charge in [-0.25, -0.2) is 0 Å². The number of hydrogen-bond acceptors (Lipinski definition) is 3. The van der Waals surface area contributed by atoms with Crippen LogP contribution in [-0.4, -0.2) is 26.8 Å². The number of phenolic OH excluding ortho intramolecular Hbond substituents is 2. The highest BCUT2D eigenvalue weighted by atomic mass is 28.4. The van der Waals surface area contributed by atoms with Gasteiger partial charge in [0.1, 0.15) is 11.5 Å². The van der Waals surface area contributed by atoms with Crippen molar-refractivity contribution in [3.8, 4) is 11.5 Å². The molecule has 0 spiro atoms. The maximum Gasteiger partial charge on any atom is 0.173 e. The van der Waals surface area contributed by atoms with Crippen molar-refractivity contribution in [3.63, 3.8) is 0 Å². The zero-order valence-corrected chi connectivity index (χ0v) is 23.9. The van der Waals surface area contributed by atoms with Gasteiger partial charge in [-0.15, -0.1) is 0 Å². The highest BCUT2D eigenvalue weighted by molar-refractivity contribution is 6.84. The molecule has 2 rings (SSSR count). The molecular formula is C27H48O3Si2. The molecular weight excluding hydrogens is 428 g/mol. The Balaban J connectivity index is 2.18. The van der Waals surface area contributed by atoms with Gasteiger partial charge < -0.3 is 14.3 Å². The Hall–Kier alpha value is -1.05. The molecule has 1 aromatic rings. The van der Waals surface area contributed by atoms with Crippen molar-refractivity contribution < 1.29 is 14.3 Å². The molecule has 0 aromatic heterocycles. The van der Waals surface area contributed by atoms with Gasteiger partial charge in [0.25, 0.3) is 0 Å². The first-order valence-corrected chi connectivity index (χ1v) is 19.2. The highest BCUT2D eigenvalue weighted by Gasteiger charge is 2.36. The minimum absolute atomic E-state index is 0.260. The van der Waals surface area contributed by atoms with Crippen LogP contribution in [0.2, 0.25) is 38.8 Å². The third-order valence-electron chi connectivity index (χ3n) is 6.82. The Labute approximate surface area is 199 Å². The summed E-state index contributed by atoms with van der Waals surface area (Å²) >= 11 is 0. The molecule has 182 valence electrons. The van der Waals surface area contributed by atoms with Crippen LogP contribution in [0.15, 0.2) is 23.8 Å². The van der Waals surface area contributed by atoms with Crippen LogP contribution in [-0.2, 0) is 17.0 Å². The van der Waals surface area contributed by atoms with Crippen molar-refractivity contribution in [2.24, 2.45) is 17.8 Å². The zero-order valence-electron chi connectivity index (χ0n) is 21.9. The average Bonchev–Trinajstić information content (AvgIpc) is 2.62. The van der Waals surface area contributed by atoms with Crippen molar-refractivity contribution in [3.05, 3.63) is 34.9 Å². The van der Waals surface area contributed by atoms with Gasteiger partial charge in [0.05, 0.1) is 0 Å². The Morgan fingerprint density at radius 2 is 1.69 bits per heavy atom. The number of aryl methyl sites for hydroxylation is 1. The molecule has 2 N–H and O–H groups in total. The van der Waals surface area contributed by atoms with Crippen LogP contribution in [0.3, 0.4) is 0 Å². The van der Waals surface area contributed by atoms with E-state index in [1.165, 1.54) is 30.9 Å². The van der Waals surface area contributed by atoms with Crippen LogP contribution in [0.25, 0.3) is 0 Å². The van der Waals surface area contributed by atoms with E-state index in [1.807, 2.05) is 12.1 Å². The van der Waals surface area contributed by atoms with Crippen LogP contribution >= 0.6 is 0 Å². The van der Waals surface area contributed by atoms with E-state index in [0.29, 0.717) is 29.7 Å². The van der Waals surface area contributed by atoms with Gasteiger partial charge in [0.15, 0.2) is 16.6 Å². The highest BCUT2D eigenvalue weighted by Crippen LogP contribution is 2.42. The van der Waals surface area contributed by atoms with Crippen LogP contribution in [0.4, 0.5) is 0 Å². The molecule has 5 heteroatoms. The van der Waals surface area contributed by atoms with Crippen LogP contribution in [0.5, 0.6) is 11.5 Å². The summed E-state index contributed by atoms with van der Waals surface area (Å²) in [6.07, 6.45) is 9.80. The summed E-state index contributed by atoms with van der Waals surface area (Å²) in [4.78, 5) is 0. The molecule has 3 atom stereocenters. The number of allylic oxidation sites excluding steroid dienone is 2. The second-order valence-electron chi connectivity index (χ2n) is 11.8. The lowest BCUT2D eigenvalue weighted by Crippen LogP contribution is -2.44. The zero-order chi connectivity index (χ0) is 24.1. The fourth-order valence-electron chi connectivity index (χ4n) is 5.76. The Bertz CT molecular complexity index is 757. The molecule has 1 aliphatic carbocycles. The molecule has 0 amide bonds. The molecule has 0 radical (unpaired) electrons. The number of benzene rings is 1. The minimum Gasteiger partial charge on any atom is -0.508 e. The van der Waals surface area contributed by atoms with E-state index in [2.05, 4.69) is 59.6 Å². The van der Waals surface area contributed by atoms with Crippen LogP contribution in [0.1, 0.15) is 64.0 Å². The first kappa shape index (κ1) is 27.2. The third kappa shape index (κ3) is 8.38. The summed E-state index contributed by atoms with van der Waals surface area (Å²) < 4.78 is 6.64. The van der Waals surface area contributed by atoms with Gasteiger partial charge in [0.2, 0.25) is 0 Å². The van der Waals surface area contributed by atoms with E-state index < -0.39 is 16.6 Å². The maximum atomic E-state index is 10.8. The molecule has 0 fully saturated rings. The molecule has 32 heavy (non-hydrogen) atoms. The van der Waals surface area contributed by atoms with Gasteiger partial charge in [-0.3, -0.25) is 0 Å². The fraction of sp³-hybridized carbons (Fsp3) is 0.704. The summed E-state index contributed by atoms with van der Waals surface area (Å²) in [6, 6.07) is 4.92. The number of phenols is 2. The van der Waals surface area contributed by atoms with Gasteiger partial charge in [-0.05, 0) is 113 Å². The molecule has 0 heterocycles. The number of rotatable bonds is 11. The summed E-state index contributed by atoms with van der Waals surface area (Å²) in [6.45, 7) is 18.4. The van der Waals surface area contributed by atoms with Crippen LogP contribution < -0.4 is 0 Å². The second-order valence-corrected chi connectivity index (χ2v) is 20.8. The second kappa shape index (κ2) is 11.4. The summed E-state index contributed by atoms with van der Waals surface area (Å²) in [5.41, 5.74) is 3.18. The van der Waals surface area contributed by atoms with Crippen molar-refractivity contribution in [1.82, 2.24) is 0 Å². The van der Waals surface area contributed by atoms with E-state index in [4.69, 9.17) is 4.12 Å². The topological polar surface area (TPSA) is 49.7 Å². The van der Waals surface area contributed by atoms with Gasteiger partial charge in [-0.1, -0.05) is 38.3 Å². The number of aromatic hydroxyl groups is 2. The van der Waals surface area contributed by atoms with Crippen molar-refractivity contribution >= 4 is 16.6 Å². The van der Waals surface area contributed by atoms with Crippen molar-refractivity contribution in [2.75, 3.05) is 0 Å².